The second-order valence-corrected chi connectivity index (χ2v) is 7.38. The third-order valence-electron chi connectivity index (χ3n) is 5.19. The summed E-state index contributed by atoms with van der Waals surface area (Å²) in [6, 6.07) is 9.39. The minimum atomic E-state index is -1.79. The number of phenolic OH excluding ortho intramolecular Hbond substituents is 2. The van der Waals surface area contributed by atoms with Crippen molar-refractivity contribution >= 4 is 16.9 Å². The summed E-state index contributed by atoms with van der Waals surface area (Å²) in [4.78, 5) is 24.4. The summed E-state index contributed by atoms with van der Waals surface area (Å²) in [7, 11) is 1.06. The number of aromatic hydroxyl groups is 2. The van der Waals surface area contributed by atoms with Crippen molar-refractivity contribution in [1.29, 1.82) is 0 Å². The van der Waals surface area contributed by atoms with E-state index >= 15 is 0 Å². The Morgan fingerprint density at radius 2 is 1.67 bits per heavy atom. The first kappa shape index (κ1) is 22.6. The molecule has 174 valence electrons. The molecule has 0 spiro atoms. The lowest BCUT2D eigenvalue weighted by Gasteiger charge is -2.38. The predicted octanol–water partition coefficient (Wildman–Crippen LogP) is 0.231. The van der Waals surface area contributed by atoms with Gasteiger partial charge >= 0.3 is 5.97 Å². The molecule has 1 aliphatic heterocycles. The van der Waals surface area contributed by atoms with Crippen molar-refractivity contribution in [3.8, 4) is 28.6 Å². The van der Waals surface area contributed by atoms with Gasteiger partial charge < -0.3 is 44.2 Å². The summed E-state index contributed by atoms with van der Waals surface area (Å²) in [5.74, 6) is -1.42. The monoisotopic (exact) mass is 460 g/mol. The molecule has 11 nitrogen and oxygen atoms in total. The molecule has 1 aliphatic rings. The number of carbonyl (C=O) groups excluding carboxylic acids is 1. The Morgan fingerprint density at radius 3 is 2.33 bits per heavy atom. The average Bonchev–Trinajstić information content (AvgIpc) is 2.78. The molecule has 1 unspecified atom stereocenters. The maximum Gasteiger partial charge on any atom is 0.337 e. The molecular formula is C22H20O11. The number of esters is 1. The van der Waals surface area contributed by atoms with Crippen LogP contribution in [0, 0.1) is 0 Å². The van der Waals surface area contributed by atoms with Gasteiger partial charge in [0.1, 0.15) is 52.3 Å². The van der Waals surface area contributed by atoms with E-state index in [1.54, 1.807) is 0 Å². The predicted molar refractivity (Wildman–Crippen MR) is 111 cm³/mol. The molecule has 5 atom stereocenters. The van der Waals surface area contributed by atoms with Gasteiger partial charge in [0.25, 0.3) is 0 Å². The van der Waals surface area contributed by atoms with Gasteiger partial charge in [-0.15, -0.1) is 0 Å². The number of aliphatic hydroxyl groups excluding tert-OH is 3. The zero-order valence-corrected chi connectivity index (χ0v) is 17.1. The van der Waals surface area contributed by atoms with Crippen LogP contribution < -0.4 is 10.2 Å². The van der Waals surface area contributed by atoms with E-state index in [1.165, 1.54) is 36.4 Å². The lowest BCUT2D eigenvalue weighted by molar-refractivity contribution is -0.271. The Kier molecular flexibility index (Phi) is 5.95. The van der Waals surface area contributed by atoms with Crippen molar-refractivity contribution in [2.75, 3.05) is 7.11 Å². The highest BCUT2D eigenvalue weighted by molar-refractivity contribution is 5.86. The molecule has 0 saturated carbocycles. The normalized spacial score (nSPS) is 25.0. The van der Waals surface area contributed by atoms with Crippen molar-refractivity contribution < 1.29 is 49.0 Å². The fraction of sp³-hybridized carbons (Fsp3) is 0.273. The van der Waals surface area contributed by atoms with Crippen LogP contribution in [0.5, 0.6) is 17.2 Å². The summed E-state index contributed by atoms with van der Waals surface area (Å²) in [5.41, 5.74) is -0.112. The Bertz CT molecular complexity index is 1230. The summed E-state index contributed by atoms with van der Waals surface area (Å²) >= 11 is 0. The van der Waals surface area contributed by atoms with Gasteiger partial charge in [-0.05, 0) is 24.3 Å². The Hall–Kier alpha value is -3.64. The zero-order chi connectivity index (χ0) is 23.9. The molecule has 4 rings (SSSR count). The van der Waals surface area contributed by atoms with E-state index in [1.807, 2.05) is 0 Å². The van der Waals surface area contributed by atoms with E-state index in [0.717, 1.165) is 13.2 Å². The minimum Gasteiger partial charge on any atom is -0.508 e. The zero-order valence-electron chi connectivity index (χ0n) is 17.1. The number of fused-ring (bicyclic) bond motifs is 1. The number of aliphatic hydroxyl groups is 3. The summed E-state index contributed by atoms with van der Waals surface area (Å²) in [6.45, 7) is 0. The molecule has 11 heteroatoms. The number of carbonyl (C=O) groups is 1. The number of ether oxygens (including phenoxy) is 3. The van der Waals surface area contributed by atoms with Gasteiger partial charge in [0.15, 0.2) is 11.5 Å². The first-order valence-corrected chi connectivity index (χ1v) is 9.74. The second-order valence-electron chi connectivity index (χ2n) is 7.38. The molecule has 1 aromatic heterocycles. The summed E-state index contributed by atoms with van der Waals surface area (Å²) in [5, 5.41) is 49.9. The summed E-state index contributed by atoms with van der Waals surface area (Å²) in [6.07, 6.45) is -8.57. The first-order chi connectivity index (χ1) is 15.7. The molecule has 2 heterocycles. The van der Waals surface area contributed by atoms with E-state index in [-0.39, 0.29) is 28.2 Å². The van der Waals surface area contributed by atoms with E-state index in [9.17, 15) is 35.1 Å². The van der Waals surface area contributed by atoms with Crippen LogP contribution in [0.15, 0.2) is 51.7 Å². The van der Waals surface area contributed by atoms with Gasteiger partial charge in [-0.25, -0.2) is 4.79 Å². The van der Waals surface area contributed by atoms with Crippen LogP contribution in [0.1, 0.15) is 0 Å². The largest absolute Gasteiger partial charge is 0.508 e. The van der Waals surface area contributed by atoms with Crippen molar-refractivity contribution in [1.82, 2.24) is 0 Å². The van der Waals surface area contributed by atoms with Crippen LogP contribution in [-0.4, -0.2) is 69.3 Å². The lowest BCUT2D eigenvalue weighted by atomic mass is 9.99. The number of rotatable bonds is 4. The quantitative estimate of drug-likeness (QED) is 0.337. The van der Waals surface area contributed by atoms with Crippen molar-refractivity contribution in [3.05, 3.63) is 52.7 Å². The number of benzene rings is 2. The fourth-order valence-corrected chi connectivity index (χ4v) is 3.47. The number of hydrogen-bond donors (Lipinski definition) is 5. The molecule has 0 aliphatic carbocycles. The van der Waals surface area contributed by atoms with Crippen LogP contribution in [-0.2, 0) is 14.3 Å². The maximum atomic E-state index is 12.6. The number of methoxy groups -OCH3 is 1. The number of hydrogen-bond acceptors (Lipinski definition) is 11. The highest BCUT2D eigenvalue weighted by Crippen LogP contribution is 2.33. The maximum absolute atomic E-state index is 12.6. The highest BCUT2D eigenvalue weighted by Gasteiger charge is 2.48. The second kappa shape index (κ2) is 8.71. The van der Waals surface area contributed by atoms with Crippen LogP contribution >= 0.6 is 0 Å². The molecule has 0 bridgehead atoms. The van der Waals surface area contributed by atoms with E-state index in [2.05, 4.69) is 4.74 Å². The molecule has 0 radical (unpaired) electrons. The van der Waals surface area contributed by atoms with Crippen LogP contribution in [0.4, 0.5) is 0 Å². The van der Waals surface area contributed by atoms with E-state index < -0.39 is 47.9 Å². The Morgan fingerprint density at radius 1 is 0.970 bits per heavy atom. The lowest BCUT2D eigenvalue weighted by Crippen LogP contribution is -2.61. The summed E-state index contributed by atoms with van der Waals surface area (Å²) < 4.78 is 21.0. The third-order valence-corrected chi connectivity index (χ3v) is 5.19. The SMILES string of the molecule is COC(=O)[C@H]1OC(Oc2cc(O)c3c(=O)cc(-c4ccc(O)cc4)oc3c2)[C@H](O)[C@@H](O)[C@H]1O. The molecule has 0 amide bonds. The van der Waals surface area contributed by atoms with Crippen LogP contribution in [0.2, 0.25) is 0 Å². The topological polar surface area (TPSA) is 176 Å². The first-order valence-electron chi connectivity index (χ1n) is 9.74. The molecule has 3 aromatic rings. The number of phenols is 2. The van der Waals surface area contributed by atoms with Crippen LogP contribution in [0.3, 0.4) is 0 Å². The molecule has 2 aromatic carbocycles. The minimum absolute atomic E-state index is 0.0267. The molecule has 33 heavy (non-hydrogen) atoms. The van der Waals surface area contributed by atoms with Gasteiger partial charge in [0, 0.05) is 23.8 Å². The smallest absolute Gasteiger partial charge is 0.337 e. The molecule has 1 fully saturated rings. The Balaban J connectivity index is 1.70. The van der Waals surface area contributed by atoms with Crippen molar-refractivity contribution in [2.24, 2.45) is 0 Å². The van der Waals surface area contributed by atoms with E-state index in [4.69, 9.17) is 13.9 Å². The Labute approximate surface area is 185 Å². The molecule has 5 N–H and O–H groups in total. The standard InChI is InChI=1S/C22H20O11/c1-30-21(29)20-18(27)17(26)19(28)22(33-20)31-11-6-12(24)16-13(25)8-14(32-15(16)7-11)9-2-4-10(23)5-3-9/h2-8,17-20,22-24,26-28H,1H3/t17-,18+,19+,20-,22?/m0/s1. The van der Waals surface area contributed by atoms with Gasteiger partial charge in [-0.1, -0.05) is 0 Å². The highest BCUT2D eigenvalue weighted by atomic mass is 16.7. The van der Waals surface area contributed by atoms with Crippen molar-refractivity contribution in [2.45, 2.75) is 30.7 Å². The van der Waals surface area contributed by atoms with Gasteiger partial charge in [-0.3, -0.25) is 4.79 Å². The van der Waals surface area contributed by atoms with Gasteiger partial charge in [-0.2, -0.15) is 0 Å². The van der Waals surface area contributed by atoms with Gasteiger partial charge in [0.05, 0.1) is 7.11 Å². The third kappa shape index (κ3) is 4.22. The molecular weight excluding hydrogens is 440 g/mol. The molecule has 1 saturated heterocycles. The van der Waals surface area contributed by atoms with Gasteiger partial charge in [0.2, 0.25) is 6.29 Å². The van der Waals surface area contributed by atoms with E-state index in [0.29, 0.717) is 5.56 Å². The fourth-order valence-electron chi connectivity index (χ4n) is 3.47. The van der Waals surface area contributed by atoms with Crippen LogP contribution in [0.25, 0.3) is 22.3 Å². The van der Waals surface area contributed by atoms with Crippen molar-refractivity contribution in [3.63, 3.8) is 0 Å². The average molecular weight is 460 g/mol.